The maximum atomic E-state index is 12.9. The van der Waals surface area contributed by atoms with Gasteiger partial charge in [0.15, 0.2) is 0 Å². The van der Waals surface area contributed by atoms with E-state index in [4.69, 9.17) is 14.6 Å². The van der Waals surface area contributed by atoms with Gasteiger partial charge in [-0.25, -0.2) is 9.48 Å². The second kappa shape index (κ2) is 9.48. The third-order valence-electron chi connectivity index (χ3n) is 5.21. The van der Waals surface area contributed by atoms with Crippen molar-refractivity contribution < 1.29 is 14.3 Å². The molecule has 32 heavy (non-hydrogen) atoms. The lowest BCUT2D eigenvalue weighted by molar-refractivity contribution is -0.139. The molecule has 1 aromatic heterocycles. The lowest BCUT2D eigenvalue weighted by Crippen LogP contribution is -2.29. The number of fused-ring (bicyclic) bond motifs is 1. The van der Waals surface area contributed by atoms with Crippen LogP contribution in [0.25, 0.3) is 0 Å². The molecule has 0 saturated carbocycles. The maximum absolute atomic E-state index is 12.9. The van der Waals surface area contributed by atoms with E-state index in [9.17, 15) is 4.79 Å². The topological polar surface area (TPSA) is 78.3 Å². The molecular weight excluding hydrogens is 424 g/mol. The van der Waals surface area contributed by atoms with Crippen LogP contribution in [0.1, 0.15) is 36.6 Å². The minimum atomic E-state index is -0.447. The summed E-state index contributed by atoms with van der Waals surface area (Å²) in [5, 5.41) is 8.62. The summed E-state index contributed by atoms with van der Waals surface area (Å²) in [6.45, 7) is 6.04. The Morgan fingerprint density at radius 2 is 1.97 bits per heavy atom. The average Bonchev–Trinajstić information content (AvgIpc) is 3.19. The van der Waals surface area contributed by atoms with Crippen molar-refractivity contribution in [2.24, 2.45) is 0 Å². The highest BCUT2D eigenvalue weighted by atomic mass is 32.2. The third-order valence-corrected chi connectivity index (χ3v) is 6.12. The number of ether oxygens (including phenoxy) is 2. The number of benzene rings is 2. The van der Waals surface area contributed by atoms with E-state index in [-0.39, 0.29) is 5.97 Å². The first kappa shape index (κ1) is 22.0. The Balaban J connectivity index is 1.68. The monoisotopic (exact) mass is 450 g/mol. The molecule has 1 aliphatic heterocycles. The van der Waals surface area contributed by atoms with Crippen molar-refractivity contribution in [1.82, 2.24) is 14.8 Å². The Kier molecular flexibility index (Phi) is 6.50. The van der Waals surface area contributed by atoms with Gasteiger partial charge in [0.25, 0.3) is 0 Å². The molecule has 0 amide bonds. The highest BCUT2D eigenvalue weighted by molar-refractivity contribution is 7.98. The molecule has 0 bridgehead atoms. The summed E-state index contributed by atoms with van der Waals surface area (Å²) in [6, 6.07) is 15.6. The first-order chi connectivity index (χ1) is 15.5. The van der Waals surface area contributed by atoms with Gasteiger partial charge in [-0.2, -0.15) is 4.98 Å². The number of aromatic nitrogens is 3. The average molecular weight is 451 g/mol. The smallest absolute Gasteiger partial charge is 0.338 e. The summed E-state index contributed by atoms with van der Waals surface area (Å²) in [5.74, 6) is 1.74. The fourth-order valence-electron chi connectivity index (χ4n) is 3.71. The van der Waals surface area contributed by atoms with E-state index in [2.05, 4.69) is 41.5 Å². The molecule has 3 aromatic rings. The van der Waals surface area contributed by atoms with Crippen LogP contribution in [0.15, 0.2) is 65.0 Å². The SMILES string of the molecule is CCOC(=O)C1=C(C)Nc2nc(SCc3cccc(C)c3)nn2[C@H]1c1ccc(OC)cc1. The van der Waals surface area contributed by atoms with Gasteiger partial charge in [-0.1, -0.05) is 53.7 Å². The van der Waals surface area contributed by atoms with Crippen molar-refractivity contribution >= 4 is 23.7 Å². The van der Waals surface area contributed by atoms with Gasteiger partial charge in [-0.3, -0.25) is 0 Å². The number of rotatable bonds is 7. The molecule has 2 heterocycles. The summed E-state index contributed by atoms with van der Waals surface area (Å²) < 4.78 is 12.4. The van der Waals surface area contributed by atoms with Crippen LogP contribution >= 0.6 is 11.8 Å². The van der Waals surface area contributed by atoms with E-state index >= 15 is 0 Å². The first-order valence-corrected chi connectivity index (χ1v) is 11.4. The van der Waals surface area contributed by atoms with Crippen molar-refractivity contribution in [1.29, 1.82) is 0 Å². The van der Waals surface area contributed by atoms with Crippen LogP contribution in [0.5, 0.6) is 5.75 Å². The molecule has 0 aliphatic carbocycles. The van der Waals surface area contributed by atoms with Gasteiger partial charge >= 0.3 is 5.97 Å². The van der Waals surface area contributed by atoms with Crippen LogP contribution in [-0.2, 0) is 15.3 Å². The fraction of sp³-hybridized carbons (Fsp3) is 0.292. The van der Waals surface area contributed by atoms with Gasteiger partial charge < -0.3 is 14.8 Å². The number of esters is 1. The molecular formula is C24H26N4O3S. The number of anilines is 1. The number of nitrogens with one attached hydrogen (secondary N) is 1. The molecule has 7 nitrogen and oxygen atoms in total. The van der Waals surface area contributed by atoms with Crippen LogP contribution in [0, 0.1) is 6.92 Å². The molecule has 0 saturated heterocycles. The molecule has 166 valence electrons. The Labute approximate surface area is 191 Å². The zero-order chi connectivity index (χ0) is 22.7. The number of methoxy groups -OCH3 is 1. The summed E-state index contributed by atoms with van der Waals surface area (Å²) in [6.07, 6.45) is 0. The second-order valence-electron chi connectivity index (χ2n) is 7.50. The third kappa shape index (κ3) is 4.50. The van der Waals surface area contributed by atoms with Crippen LogP contribution in [0.2, 0.25) is 0 Å². The van der Waals surface area contributed by atoms with Crippen molar-refractivity contribution in [3.8, 4) is 5.75 Å². The summed E-state index contributed by atoms with van der Waals surface area (Å²) in [7, 11) is 1.63. The Morgan fingerprint density at radius 3 is 2.66 bits per heavy atom. The van der Waals surface area contributed by atoms with E-state index in [1.54, 1.807) is 30.5 Å². The van der Waals surface area contributed by atoms with Crippen molar-refractivity contribution in [2.45, 2.75) is 37.7 Å². The van der Waals surface area contributed by atoms with E-state index < -0.39 is 6.04 Å². The number of hydrogen-bond donors (Lipinski definition) is 1. The summed E-state index contributed by atoms with van der Waals surface area (Å²) in [4.78, 5) is 17.5. The second-order valence-corrected chi connectivity index (χ2v) is 8.44. The maximum Gasteiger partial charge on any atom is 0.338 e. The molecule has 2 aromatic carbocycles. The van der Waals surface area contributed by atoms with Crippen LogP contribution in [-0.4, -0.2) is 34.5 Å². The highest BCUT2D eigenvalue weighted by Crippen LogP contribution is 2.37. The molecule has 4 rings (SSSR count). The number of nitrogens with zero attached hydrogens (tertiary/aromatic N) is 3. The zero-order valence-electron chi connectivity index (χ0n) is 18.6. The number of aryl methyl sites for hydroxylation is 1. The molecule has 1 atom stereocenters. The van der Waals surface area contributed by atoms with Gasteiger partial charge in [-0.15, -0.1) is 5.10 Å². The predicted molar refractivity (Wildman–Crippen MR) is 125 cm³/mol. The van der Waals surface area contributed by atoms with E-state index in [0.29, 0.717) is 29.0 Å². The van der Waals surface area contributed by atoms with E-state index in [1.165, 1.54) is 11.1 Å². The van der Waals surface area contributed by atoms with Gasteiger partial charge in [0.05, 0.1) is 19.3 Å². The number of carbonyl (C=O) groups is 1. The van der Waals surface area contributed by atoms with Gasteiger partial charge in [-0.05, 0) is 44.0 Å². The van der Waals surface area contributed by atoms with E-state index in [1.807, 2.05) is 31.2 Å². The Hall–Kier alpha value is -3.26. The Bertz CT molecular complexity index is 1150. The highest BCUT2D eigenvalue weighted by Gasteiger charge is 2.35. The normalized spacial score (nSPS) is 15.2. The zero-order valence-corrected chi connectivity index (χ0v) is 19.4. The van der Waals surface area contributed by atoms with Gasteiger partial charge in [0, 0.05) is 11.4 Å². The standard InChI is InChI=1S/C24H26N4O3S/c1-5-31-22(29)20-16(3)25-23-26-24(32-14-17-8-6-7-15(2)13-17)27-28(23)21(20)18-9-11-19(30-4)12-10-18/h6-13,21H,5,14H2,1-4H3,(H,25,26,27)/t21-/m0/s1. The molecule has 1 aliphatic rings. The Morgan fingerprint density at radius 1 is 1.19 bits per heavy atom. The lowest BCUT2D eigenvalue weighted by atomic mass is 9.96. The molecule has 8 heteroatoms. The fourth-order valence-corrected chi connectivity index (χ4v) is 4.48. The first-order valence-electron chi connectivity index (χ1n) is 10.4. The van der Waals surface area contributed by atoms with Crippen LogP contribution in [0.4, 0.5) is 5.95 Å². The van der Waals surface area contributed by atoms with Crippen molar-refractivity contribution in [2.75, 3.05) is 19.0 Å². The minimum absolute atomic E-state index is 0.298. The molecule has 0 spiro atoms. The summed E-state index contributed by atoms with van der Waals surface area (Å²) >= 11 is 1.56. The molecule has 1 N–H and O–H groups in total. The van der Waals surface area contributed by atoms with E-state index in [0.717, 1.165) is 17.1 Å². The minimum Gasteiger partial charge on any atom is -0.497 e. The number of thioether (sulfide) groups is 1. The predicted octanol–water partition coefficient (Wildman–Crippen LogP) is 4.74. The van der Waals surface area contributed by atoms with Crippen molar-refractivity contribution in [3.63, 3.8) is 0 Å². The number of hydrogen-bond acceptors (Lipinski definition) is 7. The summed E-state index contributed by atoms with van der Waals surface area (Å²) in [5.41, 5.74) is 4.56. The molecule has 0 radical (unpaired) electrons. The van der Waals surface area contributed by atoms with Gasteiger partial charge in [0.1, 0.15) is 11.8 Å². The van der Waals surface area contributed by atoms with Crippen LogP contribution < -0.4 is 10.1 Å². The van der Waals surface area contributed by atoms with Gasteiger partial charge in [0.2, 0.25) is 11.1 Å². The van der Waals surface area contributed by atoms with Crippen molar-refractivity contribution in [3.05, 3.63) is 76.5 Å². The molecule has 0 unspecified atom stereocenters. The van der Waals surface area contributed by atoms with Crippen LogP contribution in [0.3, 0.4) is 0 Å². The molecule has 0 fully saturated rings. The number of allylic oxidation sites excluding steroid dienone is 1. The number of carbonyl (C=O) groups excluding carboxylic acids is 1. The largest absolute Gasteiger partial charge is 0.497 e. The lowest BCUT2D eigenvalue weighted by Gasteiger charge is -2.28. The quantitative estimate of drug-likeness (QED) is 0.411.